The maximum absolute atomic E-state index is 12.0. The van der Waals surface area contributed by atoms with Crippen LogP contribution in [0.3, 0.4) is 0 Å². The van der Waals surface area contributed by atoms with Gasteiger partial charge < -0.3 is 0 Å². The third-order valence-electron chi connectivity index (χ3n) is 4.96. The molecule has 1 heterocycles. The topological polar surface area (TPSA) is 70.1 Å². The van der Waals surface area contributed by atoms with Gasteiger partial charge in [0.25, 0.3) is 5.91 Å². The molecule has 2 rings (SSSR count). The number of nitrogens with zero attached hydrogens (tertiary/aromatic N) is 1. The minimum atomic E-state index is -0.543. The van der Waals surface area contributed by atoms with Crippen molar-refractivity contribution in [2.24, 2.45) is 5.10 Å². The Hall–Kier alpha value is -0.750. The summed E-state index contributed by atoms with van der Waals surface area (Å²) in [6.45, 7) is 1.74. The monoisotopic (exact) mass is 341 g/mol. The third-order valence-corrected chi connectivity index (χ3v) is 5.93. The molecule has 6 heteroatoms. The fourth-order valence-electron chi connectivity index (χ4n) is 3.44. The highest BCUT2D eigenvalue weighted by Crippen LogP contribution is 2.17. The van der Waals surface area contributed by atoms with Crippen LogP contribution >= 0.6 is 11.8 Å². The molecule has 1 atom stereocenters. The predicted molar refractivity (Wildman–Crippen MR) is 97.1 cm³/mol. The Labute approximate surface area is 144 Å². The standard InChI is InChI=1S/C17H32N4OS/c1-14-16(22)19-17(23-2,21-20-14)18-15-12-10-8-6-4-3-5-7-9-11-13-15/h15,18,21H,3-13H2,1-2H3,(H,19,22)/p+1/t17-/m1/s1. The van der Waals surface area contributed by atoms with Crippen molar-refractivity contribution in [1.82, 2.24) is 10.7 Å². The van der Waals surface area contributed by atoms with Gasteiger partial charge in [-0.25, -0.2) is 5.43 Å². The van der Waals surface area contributed by atoms with E-state index in [2.05, 4.69) is 21.2 Å². The van der Waals surface area contributed by atoms with E-state index < -0.39 is 5.12 Å². The van der Waals surface area contributed by atoms with E-state index in [0.29, 0.717) is 11.8 Å². The molecule has 23 heavy (non-hydrogen) atoms. The van der Waals surface area contributed by atoms with Crippen LogP contribution in [-0.2, 0) is 4.79 Å². The molecule has 5 nitrogen and oxygen atoms in total. The molecule has 1 fully saturated rings. The average Bonchev–Trinajstić information content (AvgIpc) is 2.54. The Kier molecular flexibility index (Phi) is 7.70. The number of rotatable bonds is 3. The normalized spacial score (nSPS) is 28.8. The lowest BCUT2D eigenvalue weighted by Crippen LogP contribution is -3.07. The van der Waals surface area contributed by atoms with E-state index in [9.17, 15) is 4.79 Å². The molecule has 0 radical (unpaired) electrons. The zero-order valence-electron chi connectivity index (χ0n) is 14.7. The number of amides is 1. The van der Waals surface area contributed by atoms with Crippen LogP contribution in [0.2, 0.25) is 0 Å². The molecular formula is C17H33N4OS+. The number of hydrogen-bond donors (Lipinski definition) is 3. The number of hydrogen-bond acceptors (Lipinski definition) is 4. The molecule has 0 aromatic carbocycles. The Morgan fingerprint density at radius 2 is 1.57 bits per heavy atom. The van der Waals surface area contributed by atoms with Crippen molar-refractivity contribution in [1.29, 1.82) is 0 Å². The lowest BCUT2D eigenvalue weighted by Gasteiger charge is -2.35. The molecule has 0 spiro atoms. The van der Waals surface area contributed by atoms with Gasteiger partial charge in [0.2, 0.25) is 0 Å². The maximum Gasteiger partial charge on any atom is 0.316 e. The van der Waals surface area contributed by atoms with Gasteiger partial charge in [-0.2, -0.15) is 5.10 Å². The summed E-state index contributed by atoms with van der Waals surface area (Å²) in [4.78, 5) is 12.0. The summed E-state index contributed by atoms with van der Waals surface area (Å²) in [5, 5.41) is 9.06. The fraction of sp³-hybridized carbons (Fsp3) is 0.882. The van der Waals surface area contributed by atoms with Crippen molar-refractivity contribution in [2.45, 2.75) is 88.7 Å². The Balaban J connectivity index is 1.94. The number of nitrogens with two attached hydrogens (primary N) is 1. The molecule has 0 saturated heterocycles. The van der Waals surface area contributed by atoms with E-state index in [1.165, 1.54) is 70.6 Å². The molecule has 1 amide bonds. The van der Waals surface area contributed by atoms with Gasteiger partial charge in [0.05, 0.1) is 6.04 Å². The fourth-order valence-corrected chi connectivity index (χ4v) is 4.10. The number of quaternary nitrogens is 1. The van der Waals surface area contributed by atoms with E-state index in [1.807, 2.05) is 6.26 Å². The smallest absolute Gasteiger partial charge is 0.293 e. The zero-order valence-corrected chi connectivity index (χ0v) is 15.5. The highest BCUT2D eigenvalue weighted by atomic mass is 32.2. The van der Waals surface area contributed by atoms with Crippen LogP contribution in [0.5, 0.6) is 0 Å². The number of hydrazone groups is 1. The molecule has 4 N–H and O–H groups in total. The summed E-state index contributed by atoms with van der Waals surface area (Å²) >= 11 is 1.62. The van der Waals surface area contributed by atoms with E-state index in [-0.39, 0.29) is 5.91 Å². The SMILES string of the molecule is CS[C@@]1([NH2+]C2CCCCCCCCCCC2)NN=C(C)C(=O)N1. The van der Waals surface area contributed by atoms with Crippen molar-refractivity contribution < 1.29 is 10.1 Å². The van der Waals surface area contributed by atoms with Gasteiger partial charge in [0, 0.05) is 0 Å². The molecular weight excluding hydrogens is 308 g/mol. The predicted octanol–water partition coefficient (Wildman–Crippen LogP) is 2.29. The molecule has 0 bridgehead atoms. The van der Waals surface area contributed by atoms with Gasteiger partial charge in [-0.15, -0.1) is 0 Å². The van der Waals surface area contributed by atoms with Crippen molar-refractivity contribution in [3.05, 3.63) is 0 Å². The van der Waals surface area contributed by atoms with Crippen LogP contribution in [0.4, 0.5) is 0 Å². The number of carbonyl (C=O) groups excluding carboxylic acids is 1. The summed E-state index contributed by atoms with van der Waals surface area (Å²) in [7, 11) is 0. The van der Waals surface area contributed by atoms with Crippen LogP contribution < -0.4 is 16.1 Å². The highest BCUT2D eigenvalue weighted by molar-refractivity contribution is 7.99. The molecule has 132 valence electrons. The van der Waals surface area contributed by atoms with E-state index >= 15 is 0 Å². The first-order valence-electron chi connectivity index (χ1n) is 9.20. The van der Waals surface area contributed by atoms with Crippen LogP contribution in [0.25, 0.3) is 0 Å². The zero-order chi connectivity index (χ0) is 16.5. The second kappa shape index (κ2) is 9.52. The molecule has 0 aromatic rings. The van der Waals surface area contributed by atoms with Gasteiger partial charge in [-0.3, -0.25) is 15.4 Å². The largest absolute Gasteiger partial charge is 0.316 e. The third kappa shape index (κ3) is 5.99. The van der Waals surface area contributed by atoms with Crippen LogP contribution in [-0.4, -0.2) is 29.0 Å². The van der Waals surface area contributed by atoms with Gasteiger partial charge in [-0.1, -0.05) is 44.9 Å². The first kappa shape index (κ1) is 18.6. The average molecular weight is 342 g/mol. The second-order valence-electron chi connectivity index (χ2n) is 6.89. The highest BCUT2D eigenvalue weighted by Gasteiger charge is 2.40. The maximum atomic E-state index is 12.0. The van der Waals surface area contributed by atoms with Gasteiger partial charge in [0.1, 0.15) is 5.71 Å². The first-order chi connectivity index (χ1) is 11.2. The molecule has 1 aliphatic carbocycles. The van der Waals surface area contributed by atoms with E-state index in [0.717, 1.165) is 0 Å². The van der Waals surface area contributed by atoms with Gasteiger partial charge >= 0.3 is 5.12 Å². The molecule has 1 saturated carbocycles. The second-order valence-corrected chi connectivity index (χ2v) is 7.94. The van der Waals surface area contributed by atoms with Crippen LogP contribution in [0, 0.1) is 0 Å². The van der Waals surface area contributed by atoms with E-state index in [1.54, 1.807) is 18.7 Å². The van der Waals surface area contributed by atoms with Crippen molar-refractivity contribution in [3.8, 4) is 0 Å². The van der Waals surface area contributed by atoms with Crippen molar-refractivity contribution in [3.63, 3.8) is 0 Å². The summed E-state index contributed by atoms with van der Waals surface area (Å²) < 4.78 is 0. The minimum absolute atomic E-state index is 0.0671. The Morgan fingerprint density at radius 3 is 2.04 bits per heavy atom. The Bertz CT molecular complexity index is 403. The molecule has 1 aliphatic heterocycles. The summed E-state index contributed by atoms with van der Waals surface area (Å²) in [5.74, 6) is -0.0671. The van der Waals surface area contributed by atoms with Crippen LogP contribution in [0.1, 0.15) is 77.6 Å². The quantitative estimate of drug-likeness (QED) is 0.690. The minimum Gasteiger partial charge on any atom is -0.293 e. The van der Waals surface area contributed by atoms with Crippen molar-refractivity contribution >= 4 is 23.4 Å². The number of thioether (sulfide) groups is 1. The number of carbonyl (C=O) groups is 1. The van der Waals surface area contributed by atoms with Crippen molar-refractivity contribution in [2.75, 3.05) is 6.26 Å². The molecule has 0 unspecified atom stereocenters. The van der Waals surface area contributed by atoms with Crippen LogP contribution in [0.15, 0.2) is 5.10 Å². The Morgan fingerprint density at radius 1 is 1.04 bits per heavy atom. The lowest BCUT2D eigenvalue weighted by molar-refractivity contribution is -0.744. The molecule has 0 aromatic heterocycles. The molecule has 2 aliphatic rings. The summed E-state index contributed by atoms with van der Waals surface area (Å²) in [5.41, 5.74) is 3.66. The van der Waals surface area contributed by atoms with Gasteiger partial charge in [-0.05, 0) is 50.6 Å². The summed E-state index contributed by atoms with van der Waals surface area (Å²) in [6, 6.07) is 0.545. The number of nitrogens with one attached hydrogen (secondary N) is 2. The summed E-state index contributed by atoms with van der Waals surface area (Å²) in [6.07, 6.45) is 16.7. The first-order valence-corrected chi connectivity index (χ1v) is 10.4. The lowest BCUT2D eigenvalue weighted by atomic mass is 9.98. The van der Waals surface area contributed by atoms with E-state index in [4.69, 9.17) is 0 Å². The van der Waals surface area contributed by atoms with Gasteiger partial charge in [0.15, 0.2) is 0 Å².